The lowest BCUT2D eigenvalue weighted by atomic mass is 9.94. The Bertz CT molecular complexity index is 1370. The first-order chi connectivity index (χ1) is 20.6. The molecule has 0 bridgehead atoms. The number of aliphatic hydroxyl groups is 1. The second-order valence-corrected chi connectivity index (χ2v) is 10.1. The molecule has 4 rings (SSSR count). The molecule has 1 aliphatic heterocycles. The number of nitrogens with one attached hydrogen (secondary N) is 2. The summed E-state index contributed by atoms with van der Waals surface area (Å²) in [5.41, 5.74) is -1.04. The number of ether oxygens (including phenoxy) is 3. The minimum absolute atomic E-state index is 0.0542. The van der Waals surface area contributed by atoms with Crippen LogP contribution in [0.5, 0.6) is 0 Å². The van der Waals surface area contributed by atoms with E-state index in [1.807, 2.05) is 19.2 Å². The van der Waals surface area contributed by atoms with Crippen molar-refractivity contribution < 1.29 is 42.1 Å². The molecule has 4 atom stereocenters. The summed E-state index contributed by atoms with van der Waals surface area (Å²) >= 11 is 0. The summed E-state index contributed by atoms with van der Waals surface area (Å²) in [6.45, 7) is 3.45. The number of aromatic nitrogens is 4. The first-order valence-corrected chi connectivity index (χ1v) is 14.0. The Morgan fingerprint density at radius 2 is 1.81 bits per heavy atom. The number of imidazole rings is 1. The SMILES string of the molecule is CCCCOCC1(CO)O[C@@H](n2cnc3c(NC(=O)c4ccccc4)ncnc32)[C@@H](NC(=O)C(F)(F)F)C1OCCCC. The first-order valence-electron chi connectivity index (χ1n) is 14.0. The molecule has 12 nitrogen and oxygen atoms in total. The van der Waals surface area contributed by atoms with E-state index in [1.54, 1.807) is 30.3 Å². The van der Waals surface area contributed by atoms with E-state index in [9.17, 15) is 27.9 Å². The van der Waals surface area contributed by atoms with Crippen LogP contribution < -0.4 is 10.6 Å². The number of benzene rings is 1. The number of carbonyl (C=O) groups is 2. The minimum atomic E-state index is -5.20. The molecule has 1 aromatic carbocycles. The van der Waals surface area contributed by atoms with E-state index >= 15 is 0 Å². The Morgan fingerprint density at radius 3 is 2.49 bits per heavy atom. The number of carbonyl (C=O) groups excluding carboxylic acids is 2. The van der Waals surface area contributed by atoms with Crippen LogP contribution in [0.25, 0.3) is 11.2 Å². The van der Waals surface area contributed by atoms with Crippen molar-refractivity contribution >= 4 is 28.8 Å². The number of rotatable bonds is 14. The Labute approximate surface area is 246 Å². The van der Waals surface area contributed by atoms with Gasteiger partial charge in [0.2, 0.25) is 0 Å². The lowest BCUT2D eigenvalue weighted by Crippen LogP contribution is -2.57. The Hall–Kier alpha value is -3.66. The van der Waals surface area contributed by atoms with Gasteiger partial charge in [0.15, 0.2) is 23.2 Å². The van der Waals surface area contributed by atoms with Crippen LogP contribution in [-0.2, 0) is 19.0 Å². The summed E-state index contributed by atoms with van der Waals surface area (Å²) in [7, 11) is 0. The summed E-state index contributed by atoms with van der Waals surface area (Å²) < 4.78 is 59.9. The average molecular weight is 609 g/mol. The molecule has 3 heterocycles. The molecule has 0 radical (unpaired) electrons. The minimum Gasteiger partial charge on any atom is -0.393 e. The Balaban J connectivity index is 1.74. The molecule has 2 unspecified atom stereocenters. The van der Waals surface area contributed by atoms with Crippen molar-refractivity contribution in [1.29, 1.82) is 0 Å². The number of hydrogen-bond donors (Lipinski definition) is 3. The molecule has 0 spiro atoms. The number of anilines is 1. The van der Waals surface area contributed by atoms with Crippen LogP contribution in [0, 0.1) is 0 Å². The maximum Gasteiger partial charge on any atom is 0.471 e. The maximum absolute atomic E-state index is 13.5. The van der Waals surface area contributed by atoms with Crippen molar-refractivity contribution in [3.05, 3.63) is 48.5 Å². The van der Waals surface area contributed by atoms with E-state index in [0.29, 0.717) is 25.0 Å². The number of halogens is 3. The quantitative estimate of drug-likeness (QED) is 0.234. The largest absolute Gasteiger partial charge is 0.471 e. The fourth-order valence-electron chi connectivity index (χ4n) is 4.76. The zero-order valence-electron chi connectivity index (χ0n) is 23.8. The van der Waals surface area contributed by atoms with Gasteiger partial charge in [-0.15, -0.1) is 0 Å². The van der Waals surface area contributed by atoms with Crippen molar-refractivity contribution in [2.24, 2.45) is 0 Å². The predicted octanol–water partition coefficient (Wildman–Crippen LogP) is 3.39. The van der Waals surface area contributed by atoms with Crippen LogP contribution in [-0.4, -0.2) is 86.8 Å². The van der Waals surface area contributed by atoms with Gasteiger partial charge in [-0.3, -0.25) is 14.2 Å². The van der Waals surface area contributed by atoms with Crippen molar-refractivity contribution in [2.75, 3.05) is 31.7 Å². The zero-order valence-corrected chi connectivity index (χ0v) is 23.8. The van der Waals surface area contributed by atoms with Crippen molar-refractivity contribution in [2.45, 2.75) is 69.7 Å². The molecule has 2 aromatic heterocycles. The number of fused-ring (bicyclic) bond motifs is 1. The van der Waals surface area contributed by atoms with E-state index in [-0.39, 0.29) is 30.2 Å². The highest BCUT2D eigenvalue weighted by molar-refractivity contribution is 6.06. The van der Waals surface area contributed by atoms with Gasteiger partial charge in [-0.05, 0) is 25.0 Å². The second kappa shape index (κ2) is 14.2. The van der Waals surface area contributed by atoms with Gasteiger partial charge in [0.1, 0.15) is 24.1 Å². The van der Waals surface area contributed by atoms with Gasteiger partial charge in [0.05, 0.1) is 19.5 Å². The van der Waals surface area contributed by atoms with Gasteiger partial charge >= 0.3 is 12.1 Å². The number of unbranched alkanes of at least 4 members (excludes halogenated alkanes) is 2. The molecule has 0 aliphatic carbocycles. The summed E-state index contributed by atoms with van der Waals surface area (Å²) in [5.74, 6) is -2.61. The number of amides is 2. The number of aliphatic hydroxyl groups excluding tert-OH is 1. The summed E-state index contributed by atoms with van der Waals surface area (Å²) in [6.07, 6.45) is -2.54. The van der Waals surface area contributed by atoms with Crippen molar-refractivity contribution in [3.63, 3.8) is 0 Å². The highest BCUT2D eigenvalue weighted by Gasteiger charge is 2.59. The molecule has 1 fully saturated rings. The molecule has 1 aliphatic rings. The zero-order chi connectivity index (χ0) is 31.0. The van der Waals surface area contributed by atoms with Crippen molar-refractivity contribution in [1.82, 2.24) is 24.8 Å². The van der Waals surface area contributed by atoms with Gasteiger partial charge < -0.3 is 30.0 Å². The van der Waals surface area contributed by atoms with Gasteiger partial charge in [-0.1, -0.05) is 44.9 Å². The summed E-state index contributed by atoms with van der Waals surface area (Å²) in [6, 6.07) is 6.94. The lowest BCUT2D eigenvalue weighted by molar-refractivity contribution is -0.175. The van der Waals surface area contributed by atoms with Crippen LogP contribution >= 0.6 is 0 Å². The summed E-state index contributed by atoms with van der Waals surface area (Å²) in [4.78, 5) is 37.7. The molecular formula is C28H35F3N6O6. The van der Waals surface area contributed by atoms with Crippen molar-refractivity contribution in [3.8, 4) is 0 Å². The molecule has 43 heavy (non-hydrogen) atoms. The fourth-order valence-corrected chi connectivity index (χ4v) is 4.76. The van der Waals surface area contributed by atoms with Crippen LogP contribution in [0.1, 0.15) is 56.1 Å². The smallest absolute Gasteiger partial charge is 0.393 e. The van der Waals surface area contributed by atoms with Gasteiger partial charge in [0, 0.05) is 18.8 Å². The van der Waals surface area contributed by atoms with E-state index in [1.165, 1.54) is 10.9 Å². The van der Waals surface area contributed by atoms with Gasteiger partial charge in [0.25, 0.3) is 5.91 Å². The second-order valence-electron chi connectivity index (χ2n) is 10.1. The number of alkyl halides is 3. The molecular weight excluding hydrogens is 573 g/mol. The fraction of sp³-hybridized carbons (Fsp3) is 0.536. The van der Waals surface area contributed by atoms with Gasteiger partial charge in [-0.25, -0.2) is 15.0 Å². The van der Waals surface area contributed by atoms with Crippen LogP contribution in [0.2, 0.25) is 0 Å². The van der Waals surface area contributed by atoms with E-state index in [4.69, 9.17) is 14.2 Å². The van der Waals surface area contributed by atoms with Crippen LogP contribution in [0.3, 0.4) is 0 Å². The first kappa shape index (κ1) is 32.3. The van der Waals surface area contributed by atoms with Crippen LogP contribution in [0.15, 0.2) is 43.0 Å². The van der Waals surface area contributed by atoms with E-state index < -0.39 is 48.6 Å². The van der Waals surface area contributed by atoms with Gasteiger partial charge in [-0.2, -0.15) is 13.2 Å². The van der Waals surface area contributed by atoms with E-state index in [2.05, 4.69) is 20.3 Å². The average Bonchev–Trinajstić information content (AvgIpc) is 3.55. The highest BCUT2D eigenvalue weighted by Crippen LogP contribution is 2.41. The standard InChI is InChI=1S/C28H35F3N6O6/c1-3-5-12-41-15-27(14-38)21(42-13-6-4-2)19(35-26(40)28(29,30)31)25(43-27)37-17-34-20-22(32-16-33-23(20)37)36-24(39)18-10-8-7-9-11-18/h7-11,16-17,19,21,25,38H,3-6,12-15H2,1-2H3,(H,35,40)(H,32,33,36,39)/t19-,21?,25+,27?/m0/s1. The third-order valence-electron chi connectivity index (χ3n) is 7.01. The predicted molar refractivity (Wildman–Crippen MR) is 148 cm³/mol. The number of nitrogens with zero attached hydrogens (tertiary/aromatic N) is 4. The molecule has 2 amide bonds. The third kappa shape index (κ3) is 7.29. The Kier molecular flexibility index (Phi) is 10.7. The van der Waals surface area contributed by atoms with E-state index in [0.717, 1.165) is 19.2 Å². The molecule has 3 aromatic rings. The Morgan fingerprint density at radius 1 is 1.09 bits per heavy atom. The monoisotopic (exact) mass is 608 g/mol. The number of hydrogen-bond acceptors (Lipinski definition) is 9. The molecule has 0 saturated carbocycles. The molecule has 15 heteroatoms. The topological polar surface area (TPSA) is 150 Å². The maximum atomic E-state index is 13.5. The lowest BCUT2D eigenvalue weighted by Gasteiger charge is -2.33. The molecule has 1 saturated heterocycles. The van der Waals surface area contributed by atoms with Crippen LogP contribution in [0.4, 0.5) is 19.0 Å². The summed E-state index contributed by atoms with van der Waals surface area (Å²) in [5, 5.41) is 15.3. The normalized spacial score (nSPS) is 22.1. The third-order valence-corrected chi connectivity index (χ3v) is 7.01. The molecule has 3 N–H and O–H groups in total. The highest BCUT2D eigenvalue weighted by atomic mass is 19.4. The molecule has 234 valence electrons.